The van der Waals surface area contributed by atoms with Crippen LogP contribution in [0.15, 0.2) is 54.9 Å². The van der Waals surface area contributed by atoms with Crippen LogP contribution < -0.4 is 10.2 Å². The number of pyridine rings is 2. The molecular weight excluding hydrogens is 276 g/mol. The van der Waals surface area contributed by atoms with Gasteiger partial charge < -0.3 is 10.2 Å². The molecule has 5 nitrogen and oxygen atoms in total. The number of hydrogen-bond donors (Lipinski definition) is 1. The maximum absolute atomic E-state index is 12.6. The number of benzene rings is 1. The molecule has 3 aromatic rings. The highest BCUT2D eigenvalue weighted by Crippen LogP contribution is 2.23. The Labute approximate surface area is 128 Å². The number of aromatic nitrogens is 2. The van der Waals surface area contributed by atoms with Crippen LogP contribution in [0.25, 0.3) is 10.9 Å². The van der Waals surface area contributed by atoms with Gasteiger partial charge in [-0.25, -0.2) is 4.98 Å². The number of nitrogens with zero attached hydrogens (tertiary/aromatic N) is 3. The van der Waals surface area contributed by atoms with E-state index in [0.29, 0.717) is 17.1 Å². The van der Waals surface area contributed by atoms with Gasteiger partial charge in [0.1, 0.15) is 0 Å². The molecule has 0 spiro atoms. The van der Waals surface area contributed by atoms with Gasteiger partial charge in [-0.15, -0.1) is 0 Å². The Morgan fingerprint density at radius 3 is 2.59 bits per heavy atom. The largest absolute Gasteiger partial charge is 0.361 e. The Kier molecular flexibility index (Phi) is 3.70. The highest BCUT2D eigenvalue weighted by atomic mass is 16.1. The highest BCUT2D eigenvalue weighted by molar-refractivity contribution is 6.13. The van der Waals surface area contributed by atoms with Gasteiger partial charge in [-0.2, -0.15) is 0 Å². The van der Waals surface area contributed by atoms with Crippen LogP contribution in [-0.4, -0.2) is 30.0 Å². The molecule has 0 radical (unpaired) electrons. The van der Waals surface area contributed by atoms with E-state index in [1.807, 2.05) is 49.3 Å². The second kappa shape index (κ2) is 5.81. The van der Waals surface area contributed by atoms with E-state index in [-0.39, 0.29) is 5.91 Å². The molecule has 0 aliphatic rings. The fourth-order valence-corrected chi connectivity index (χ4v) is 2.34. The van der Waals surface area contributed by atoms with E-state index in [1.54, 1.807) is 24.5 Å². The Morgan fingerprint density at radius 1 is 1.00 bits per heavy atom. The van der Waals surface area contributed by atoms with Crippen molar-refractivity contribution in [3.8, 4) is 0 Å². The summed E-state index contributed by atoms with van der Waals surface area (Å²) < 4.78 is 0. The van der Waals surface area contributed by atoms with E-state index in [1.165, 1.54) is 0 Å². The highest BCUT2D eigenvalue weighted by Gasteiger charge is 2.13. The summed E-state index contributed by atoms with van der Waals surface area (Å²) in [7, 11) is 3.78. The Balaban J connectivity index is 1.98. The summed E-state index contributed by atoms with van der Waals surface area (Å²) in [5, 5.41) is 3.76. The van der Waals surface area contributed by atoms with Gasteiger partial charge in [0.2, 0.25) is 0 Å². The lowest BCUT2D eigenvalue weighted by Gasteiger charge is -2.16. The van der Waals surface area contributed by atoms with Gasteiger partial charge in [0.05, 0.1) is 11.2 Å². The Morgan fingerprint density at radius 2 is 1.77 bits per heavy atom. The predicted octanol–water partition coefficient (Wildman–Crippen LogP) is 2.95. The number of rotatable bonds is 3. The molecule has 5 heteroatoms. The van der Waals surface area contributed by atoms with Crippen molar-refractivity contribution in [3.05, 3.63) is 60.4 Å². The summed E-state index contributed by atoms with van der Waals surface area (Å²) in [6, 6.07) is 12.9. The van der Waals surface area contributed by atoms with Gasteiger partial charge in [-0.05, 0) is 30.3 Å². The van der Waals surface area contributed by atoms with Crippen LogP contribution in [0.2, 0.25) is 0 Å². The van der Waals surface area contributed by atoms with Crippen molar-refractivity contribution in [1.82, 2.24) is 9.97 Å². The van der Waals surface area contributed by atoms with Crippen molar-refractivity contribution in [2.75, 3.05) is 24.3 Å². The molecule has 1 N–H and O–H groups in total. The van der Waals surface area contributed by atoms with Crippen LogP contribution in [0.3, 0.4) is 0 Å². The van der Waals surface area contributed by atoms with Crippen LogP contribution in [0, 0.1) is 0 Å². The first-order chi connectivity index (χ1) is 10.7. The third-order valence-corrected chi connectivity index (χ3v) is 3.35. The van der Waals surface area contributed by atoms with Crippen LogP contribution >= 0.6 is 0 Å². The van der Waals surface area contributed by atoms with Gasteiger partial charge in [0.15, 0.2) is 5.82 Å². The van der Waals surface area contributed by atoms with Gasteiger partial charge >= 0.3 is 0 Å². The van der Waals surface area contributed by atoms with Crippen LogP contribution in [0.1, 0.15) is 10.4 Å². The van der Waals surface area contributed by atoms with E-state index in [9.17, 15) is 4.79 Å². The van der Waals surface area contributed by atoms with Crippen molar-refractivity contribution >= 4 is 28.3 Å². The molecule has 22 heavy (non-hydrogen) atoms. The molecule has 3 rings (SSSR count). The molecule has 0 saturated carbocycles. The molecule has 0 fully saturated rings. The first-order valence-electron chi connectivity index (χ1n) is 6.94. The number of hydrogen-bond acceptors (Lipinski definition) is 4. The minimum atomic E-state index is -0.172. The molecule has 0 aliphatic heterocycles. The summed E-state index contributed by atoms with van der Waals surface area (Å²) in [6.45, 7) is 0. The molecule has 0 unspecified atom stereocenters. The van der Waals surface area contributed by atoms with Gasteiger partial charge in [0.25, 0.3) is 5.91 Å². The molecule has 0 aliphatic carbocycles. The monoisotopic (exact) mass is 292 g/mol. The summed E-state index contributed by atoms with van der Waals surface area (Å²) in [6.07, 6.45) is 3.42. The third-order valence-electron chi connectivity index (χ3n) is 3.35. The lowest BCUT2D eigenvalue weighted by molar-refractivity contribution is 0.102. The van der Waals surface area contributed by atoms with E-state index in [0.717, 1.165) is 10.9 Å². The first-order valence-corrected chi connectivity index (χ1v) is 6.94. The smallest absolute Gasteiger partial charge is 0.256 e. The van der Waals surface area contributed by atoms with Gasteiger partial charge in [-0.3, -0.25) is 9.78 Å². The quantitative estimate of drug-likeness (QED) is 0.806. The number of carbonyl (C=O) groups excluding carboxylic acids is 1. The molecule has 1 amide bonds. The Bertz CT molecular complexity index is 824. The van der Waals surface area contributed by atoms with E-state index in [2.05, 4.69) is 15.3 Å². The zero-order chi connectivity index (χ0) is 15.5. The molecule has 2 heterocycles. The Hall–Kier alpha value is -2.95. The molecule has 2 aromatic heterocycles. The summed E-state index contributed by atoms with van der Waals surface area (Å²) in [4.78, 5) is 23.0. The second-order valence-electron chi connectivity index (χ2n) is 5.10. The SMILES string of the molecule is CN(C)c1ncccc1NC(=O)c1cccc2ncccc12. The number of nitrogens with one attached hydrogen (secondary N) is 1. The molecular formula is C17H16N4O. The minimum Gasteiger partial charge on any atom is -0.361 e. The average molecular weight is 292 g/mol. The summed E-state index contributed by atoms with van der Waals surface area (Å²) in [5.74, 6) is 0.545. The maximum Gasteiger partial charge on any atom is 0.256 e. The van der Waals surface area contributed by atoms with E-state index >= 15 is 0 Å². The predicted molar refractivity (Wildman–Crippen MR) is 88.3 cm³/mol. The van der Waals surface area contributed by atoms with Crippen molar-refractivity contribution in [2.24, 2.45) is 0 Å². The number of amides is 1. The number of anilines is 2. The van der Waals surface area contributed by atoms with Gasteiger partial charge in [0, 0.05) is 37.4 Å². The van der Waals surface area contributed by atoms with E-state index < -0.39 is 0 Å². The third kappa shape index (κ3) is 2.61. The maximum atomic E-state index is 12.6. The molecule has 0 saturated heterocycles. The molecule has 1 aromatic carbocycles. The average Bonchev–Trinajstić information content (AvgIpc) is 2.54. The van der Waals surface area contributed by atoms with Crippen LogP contribution in [0.4, 0.5) is 11.5 Å². The van der Waals surface area contributed by atoms with Gasteiger partial charge in [-0.1, -0.05) is 12.1 Å². The topological polar surface area (TPSA) is 58.1 Å². The molecule has 0 atom stereocenters. The summed E-state index contributed by atoms with van der Waals surface area (Å²) >= 11 is 0. The zero-order valence-corrected chi connectivity index (χ0v) is 12.4. The van der Waals surface area contributed by atoms with Crippen LogP contribution in [0.5, 0.6) is 0 Å². The van der Waals surface area contributed by atoms with Crippen molar-refractivity contribution in [2.45, 2.75) is 0 Å². The zero-order valence-electron chi connectivity index (χ0n) is 12.4. The second-order valence-corrected chi connectivity index (χ2v) is 5.10. The fourth-order valence-electron chi connectivity index (χ4n) is 2.34. The lowest BCUT2D eigenvalue weighted by Crippen LogP contribution is -2.18. The lowest BCUT2D eigenvalue weighted by atomic mass is 10.1. The summed E-state index contributed by atoms with van der Waals surface area (Å²) in [5.41, 5.74) is 2.08. The van der Waals surface area contributed by atoms with Crippen molar-refractivity contribution < 1.29 is 4.79 Å². The fraction of sp³-hybridized carbons (Fsp3) is 0.118. The van der Waals surface area contributed by atoms with Crippen LogP contribution in [-0.2, 0) is 0 Å². The van der Waals surface area contributed by atoms with Crippen molar-refractivity contribution in [1.29, 1.82) is 0 Å². The van der Waals surface area contributed by atoms with Crippen molar-refractivity contribution in [3.63, 3.8) is 0 Å². The van der Waals surface area contributed by atoms with E-state index in [4.69, 9.17) is 0 Å². The minimum absolute atomic E-state index is 0.172. The standard InChI is InChI=1S/C17H16N4O/c1-21(2)16-15(9-5-11-19-16)20-17(22)13-6-3-8-14-12(13)7-4-10-18-14/h3-11H,1-2H3,(H,20,22). The number of carbonyl (C=O) groups is 1. The first kappa shape index (κ1) is 14.0. The normalized spacial score (nSPS) is 10.5. The number of fused-ring (bicyclic) bond motifs is 1. The molecule has 110 valence electrons. The molecule has 0 bridgehead atoms.